The zero-order valence-corrected chi connectivity index (χ0v) is 12.1. The average molecular weight is 280 g/mol. The van der Waals surface area contributed by atoms with E-state index >= 15 is 0 Å². The summed E-state index contributed by atoms with van der Waals surface area (Å²) in [6.07, 6.45) is 2.77. The predicted molar refractivity (Wildman–Crippen MR) is 81.7 cm³/mol. The quantitative estimate of drug-likeness (QED) is 0.800. The summed E-state index contributed by atoms with van der Waals surface area (Å²) in [6, 6.07) is 13.3. The molecule has 3 rings (SSSR count). The number of carbonyl (C=O) groups is 1. The molecule has 2 aromatic rings. The van der Waals surface area contributed by atoms with Gasteiger partial charge in [0.2, 0.25) is 5.78 Å². The number of aryl methyl sites for hydroxylation is 1. The topological polar surface area (TPSA) is 35.5 Å². The van der Waals surface area contributed by atoms with Crippen LogP contribution in [0.5, 0.6) is 11.5 Å². The molecule has 2 aromatic carbocycles. The van der Waals surface area contributed by atoms with Crippen LogP contribution >= 0.6 is 0 Å². The molecule has 1 aliphatic rings. The minimum absolute atomic E-state index is 0.0905. The summed E-state index contributed by atoms with van der Waals surface area (Å²) in [5.74, 6) is 1.49. The van der Waals surface area contributed by atoms with E-state index in [0.717, 1.165) is 12.0 Å². The monoisotopic (exact) mass is 280 g/mol. The van der Waals surface area contributed by atoms with Crippen molar-refractivity contribution in [3.63, 3.8) is 0 Å². The second-order valence-electron chi connectivity index (χ2n) is 4.90. The number of methoxy groups -OCH3 is 1. The molecule has 3 nitrogen and oxygen atoms in total. The van der Waals surface area contributed by atoms with Gasteiger partial charge in [-0.2, -0.15) is 0 Å². The number of benzene rings is 2. The largest absolute Gasteiger partial charge is 0.497 e. The van der Waals surface area contributed by atoms with Crippen molar-refractivity contribution in [2.24, 2.45) is 0 Å². The van der Waals surface area contributed by atoms with E-state index in [1.807, 2.05) is 12.1 Å². The van der Waals surface area contributed by atoms with Gasteiger partial charge in [-0.05, 0) is 35.8 Å². The first-order valence-electron chi connectivity index (χ1n) is 6.92. The lowest BCUT2D eigenvalue weighted by atomic mass is 10.1. The number of hydrogen-bond acceptors (Lipinski definition) is 3. The van der Waals surface area contributed by atoms with Crippen LogP contribution < -0.4 is 9.47 Å². The van der Waals surface area contributed by atoms with Crippen molar-refractivity contribution in [2.45, 2.75) is 13.3 Å². The molecule has 0 fully saturated rings. The normalized spacial score (nSPS) is 15.0. The highest BCUT2D eigenvalue weighted by Crippen LogP contribution is 2.34. The number of rotatable bonds is 3. The van der Waals surface area contributed by atoms with Gasteiger partial charge in [0, 0.05) is 6.07 Å². The Morgan fingerprint density at radius 3 is 2.57 bits per heavy atom. The highest BCUT2D eigenvalue weighted by Gasteiger charge is 2.27. The number of Topliss-reactive ketones (excluding diaryl/α,β-unsaturated/α-hetero) is 1. The molecule has 0 spiro atoms. The van der Waals surface area contributed by atoms with Crippen molar-refractivity contribution < 1.29 is 14.3 Å². The summed E-state index contributed by atoms with van der Waals surface area (Å²) in [5.41, 5.74) is 2.80. The maximum absolute atomic E-state index is 12.3. The molecule has 0 saturated heterocycles. The van der Waals surface area contributed by atoms with Gasteiger partial charge in [0.25, 0.3) is 0 Å². The molecule has 0 N–H and O–H groups in total. The molecular weight excluding hydrogens is 264 g/mol. The molecule has 0 aromatic heterocycles. The number of carbonyl (C=O) groups excluding carboxylic acids is 1. The van der Waals surface area contributed by atoms with Crippen molar-refractivity contribution in [2.75, 3.05) is 7.11 Å². The number of fused-ring (bicyclic) bond motifs is 1. The number of ketones is 1. The Hall–Kier alpha value is -2.55. The Labute approximate surface area is 123 Å². The fourth-order valence-electron chi connectivity index (χ4n) is 2.30. The van der Waals surface area contributed by atoms with Crippen LogP contribution in [0.15, 0.2) is 48.2 Å². The predicted octanol–water partition coefficient (Wildman–Crippen LogP) is 3.87. The van der Waals surface area contributed by atoms with Crippen molar-refractivity contribution in [3.8, 4) is 11.5 Å². The highest BCUT2D eigenvalue weighted by atomic mass is 16.5. The van der Waals surface area contributed by atoms with E-state index in [9.17, 15) is 4.79 Å². The summed E-state index contributed by atoms with van der Waals surface area (Å²) in [4.78, 5) is 12.3. The van der Waals surface area contributed by atoms with E-state index in [1.165, 1.54) is 5.56 Å². The smallest absolute Gasteiger partial charge is 0.231 e. The number of ether oxygens (including phenoxy) is 2. The molecule has 21 heavy (non-hydrogen) atoms. The third kappa shape index (κ3) is 2.55. The van der Waals surface area contributed by atoms with Gasteiger partial charge in [-0.1, -0.05) is 31.2 Å². The standard InChI is InChI=1S/C18H16O3/c1-3-12-4-6-13(7-5-12)10-17-18(19)15-9-8-14(20-2)11-16(15)21-17/h4-11H,3H2,1-2H3/b17-10-. The van der Waals surface area contributed by atoms with Gasteiger partial charge in [-0.15, -0.1) is 0 Å². The third-order valence-electron chi connectivity index (χ3n) is 3.56. The van der Waals surface area contributed by atoms with Gasteiger partial charge in [-0.3, -0.25) is 4.79 Å². The van der Waals surface area contributed by atoms with Crippen molar-refractivity contribution >= 4 is 11.9 Å². The molecule has 106 valence electrons. The molecule has 0 bridgehead atoms. The summed E-state index contributed by atoms with van der Waals surface area (Å²) < 4.78 is 10.8. The average Bonchev–Trinajstić information content (AvgIpc) is 2.83. The van der Waals surface area contributed by atoms with Gasteiger partial charge < -0.3 is 9.47 Å². The molecule has 1 heterocycles. The van der Waals surface area contributed by atoms with Gasteiger partial charge in [-0.25, -0.2) is 0 Å². The van der Waals surface area contributed by atoms with Crippen LogP contribution in [-0.2, 0) is 6.42 Å². The van der Waals surface area contributed by atoms with E-state index in [-0.39, 0.29) is 5.78 Å². The van der Waals surface area contributed by atoms with E-state index in [2.05, 4.69) is 19.1 Å². The van der Waals surface area contributed by atoms with E-state index < -0.39 is 0 Å². The van der Waals surface area contributed by atoms with E-state index in [0.29, 0.717) is 22.8 Å². The minimum atomic E-state index is -0.0905. The Kier molecular flexibility index (Phi) is 3.48. The Bertz CT molecular complexity index is 712. The fourth-order valence-corrected chi connectivity index (χ4v) is 2.30. The number of allylic oxidation sites excluding steroid dienone is 1. The van der Waals surface area contributed by atoms with Gasteiger partial charge in [0.15, 0.2) is 5.76 Å². The summed E-state index contributed by atoms with van der Waals surface area (Å²) in [6.45, 7) is 2.11. The lowest BCUT2D eigenvalue weighted by Gasteiger charge is -2.02. The first-order chi connectivity index (χ1) is 10.2. The Balaban J connectivity index is 1.90. The van der Waals surface area contributed by atoms with E-state index in [1.54, 1.807) is 31.4 Å². The fraction of sp³-hybridized carbons (Fsp3) is 0.167. The van der Waals surface area contributed by atoms with Crippen LogP contribution in [0.1, 0.15) is 28.4 Å². The molecule has 0 unspecified atom stereocenters. The third-order valence-corrected chi connectivity index (χ3v) is 3.56. The summed E-state index contributed by atoms with van der Waals surface area (Å²) in [5, 5.41) is 0. The van der Waals surface area contributed by atoms with Crippen LogP contribution in [0.25, 0.3) is 6.08 Å². The highest BCUT2D eigenvalue weighted by molar-refractivity contribution is 6.14. The Morgan fingerprint density at radius 1 is 1.14 bits per heavy atom. The zero-order chi connectivity index (χ0) is 14.8. The molecule has 0 saturated carbocycles. The van der Waals surface area contributed by atoms with Gasteiger partial charge >= 0.3 is 0 Å². The van der Waals surface area contributed by atoms with Crippen LogP contribution in [0.4, 0.5) is 0 Å². The van der Waals surface area contributed by atoms with Crippen molar-refractivity contribution in [1.29, 1.82) is 0 Å². The molecule has 0 amide bonds. The molecule has 0 atom stereocenters. The first kappa shape index (κ1) is 13.4. The zero-order valence-electron chi connectivity index (χ0n) is 12.1. The van der Waals surface area contributed by atoms with Crippen LogP contribution in [0.2, 0.25) is 0 Å². The number of hydrogen-bond donors (Lipinski definition) is 0. The van der Waals surface area contributed by atoms with Crippen LogP contribution in [-0.4, -0.2) is 12.9 Å². The van der Waals surface area contributed by atoms with Gasteiger partial charge in [0.05, 0.1) is 12.7 Å². The second kappa shape index (κ2) is 5.44. The Morgan fingerprint density at radius 2 is 1.90 bits per heavy atom. The molecule has 0 aliphatic carbocycles. The maximum atomic E-state index is 12.3. The van der Waals surface area contributed by atoms with Crippen LogP contribution in [0.3, 0.4) is 0 Å². The van der Waals surface area contributed by atoms with Crippen molar-refractivity contribution in [3.05, 3.63) is 64.9 Å². The lowest BCUT2D eigenvalue weighted by Crippen LogP contribution is -1.98. The molecule has 3 heteroatoms. The SMILES string of the molecule is CCc1ccc(/C=C2\Oc3cc(OC)ccc3C2=O)cc1. The second-order valence-corrected chi connectivity index (χ2v) is 4.90. The van der Waals surface area contributed by atoms with E-state index in [4.69, 9.17) is 9.47 Å². The molecule has 1 aliphatic heterocycles. The van der Waals surface area contributed by atoms with Crippen LogP contribution in [0, 0.1) is 0 Å². The maximum Gasteiger partial charge on any atom is 0.231 e. The summed E-state index contributed by atoms with van der Waals surface area (Å²) in [7, 11) is 1.59. The minimum Gasteiger partial charge on any atom is -0.497 e. The summed E-state index contributed by atoms with van der Waals surface area (Å²) >= 11 is 0. The first-order valence-corrected chi connectivity index (χ1v) is 6.92. The molecular formula is C18H16O3. The van der Waals surface area contributed by atoms with Gasteiger partial charge in [0.1, 0.15) is 11.5 Å². The molecule has 0 radical (unpaired) electrons. The lowest BCUT2D eigenvalue weighted by molar-refractivity contribution is 0.101. The van der Waals surface area contributed by atoms with Crippen molar-refractivity contribution in [1.82, 2.24) is 0 Å².